The van der Waals surface area contributed by atoms with Crippen LogP contribution in [0.25, 0.3) is 6.08 Å². The molecule has 0 aliphatic rings. The van der Waals surface area contributed by atoms with Crippen LogP contribution in [-0.4, -0.2) is 0 Å². The van der Waals surface area contributed by atoms with Crippen molar-refractivity contribution in [2.75, 3.05) is 0 Å². The van der Waals surface area contributed by atoms with E-state index in [0.717, 1.165) is 6.42 Å². The fraction of sp³-hybridized carbons (Fsp3) is 0.500. The van der Waals surface area contributed by atoms with Gasteiger partial charge in [0.1, 0.15) is 11.6 Å². The van der Waals surface area contributed by atoms with E-state index in [4.69, 9.17) is 0 Å². The van der Waals surface area contributed by atoms with E-state index in [1.54, 1.807) is 19.1 Å². The topological polar surface area (TPSA) is 0 Å². The van der Waals surface area contributed by atoms with Crippen LogP contribution in [0.3, 0.4) is 0 Å². The summed E-state index contributed by atoms with van der Waals surface area (Å²) in [6, 6.07) is 0. The first-order chi connectivity index (χ1) is 8.45. The van der Waals surface area contributed by atoms with E-state index in [-0.39, 0.29) is 17.6 Å². The van der Waals surface area contributed by atoms with Gasteiger partial charge in [-0.25, -0.2) is 8.78 Å². The Labute approximate surface area is 109 Å². The second-order valence-corrected chi connectivity index (χ2v) is 4.96. The van der Waals surface area contributed by atoms with Crippen molar-refractivity contribution in [3.63, 3.8) is 0 Å². The van der Waals surface area contributed by atoms with Crippen LogP contribution in [0.5, 0.6) is 0 Å². The van der Waals surface area contributed by atoms with Gasteiger partial charge in [-0.05, 0) is 37.3 Å². The quantitative estimate of drug-likeness (QED) is 0.674. The van der Waals surface area contributed by atoms with E-state index >= 15 is 0 Å². The van der Waals surface area contributed by atoms with Crippen molar-refractivity contribution in [3.05, 3.63) is 40.0 Å². The lowest BCUT2D eigenvalue weighted by Crippen LogP contribution is -2.08. The van der Waals surface area contributed by atoms with E-state index in [1.165, 1.54) is 0 Å². The summed E-state index contributed by atoms with van der Waals surface area (Å²) in [6.45, 7) is 9.26. The predicted molar refractivity (Wildman–Crippen MR) is 73.9 cm³/mol. The van der Waals surface area contributed by atoms with E-state index in [9.17, 15) is 8.78 Å². The monoisotopic (exact) mass is 252 g/mol. The van der Waals surface area contributed by atoms with Crippen LogP contribution in [0.15, 0.2) is 6.08 Å². The Morgan fingerprint density at radius 1 is 1.17 bits per heavy atom. The van der Waals surface area contributed by atoms with Crippen LogP contribution in [0.2, 0.25) is 0 Å². The van der Waals surface area contributed by atoms with Crippen molar-refractivity contribution in [2.24, 2.45) is 0 Å². The summed E-state index contributed by atoms with van der Waals surface area (Å²) in [5.41, 5.74) is 1.89. The third-order valence-electron chi connectivity index (χ3n) is 3.22. The fourth-order valence-electron chi connectivity index (χ4n) is 2.34. The summed E-state index contributed by atoms with van der Waals surface area (Å²) in [5, 5.41) is 0. The molecule has 100 valence electrons. The van der Waals surface area contributed by atoms with Crippen LogP contribution < -0.4 is 0 Å². The fourth-order valence-corrected chi connectivity index (χ4v) is 2.34. The molecule has 0 heterocycles. The Bertz CT molecular complexity index is 457. The maximum atomic E-state index is 14.5. The first-order valence-electron chi connectivity index (χ1n) is 6.58. The summed E-state index contributed by atoms with van der Waals surface area (Å²) in [4.78, 5) is 0. The van der Waals surface area contributed by atoms with Crippen LogP contribution in [0.4, 0.5) is 8.78 Å². The average Bonchev–Trinajstić information content (AvgIpc) is 2.31. The number of halogens is 2. The van der Waals surface area contributed by atoms with Gasteiger partial charge in [0, 0.05) is 11.1 Å². The van der Waals surface area contributed by atoms with Crippen molar-refractivity contribution in [1.29, 1.82) is 0 Å². The van der Waals surface area contributed by atoms with Gasteiger partial charge in [-0.2, -0.15) is 0 Å². The first-order valence-corrected chi connectivity index (χ1v) is 6.58. The summed E-state index contributed by atoms with van der Waals surface area (Å²) in [6.07, 6.45) is 4.83. The lowest BCUT2D eigenvalue weighted by Gasteiger charge is -2.18. The highest BCUT2D eigenvalue weighted by Crippen LogP contribution is 2.32. The molecule has 18 heavy (non-hydrogen) atoms. The van der Waals surface area contributed by atoms with E-state index in [0.29, 0.717) is 28.7 Å². The largest absolute Gasteiger partial charge is 0.206 e. The Morgan fingerprint density at radius 3 is 2.22 bits per heavy atom. The molecule has 1 rings (SSSR count). The zero-order valence-electron chi connectivity index (χ0n) is 11.9. The van der Waals surface area contributed by atoms with Gasteiger partial charge in [-0.15, -0.1) is 0 Å². The minimum atomic E-state index is -0.252. The Morgan fingerprint density at radius 2 is 1.78 bits per heavy atom. The lowest BCUT2D eigenvalue weighted by molar-refractivity contribution is 0.551. The Kier molecular flexibility index (Phi) is 5.06. The third kappa shape index (κ3) is 2.63. The van der Waals surface area contributed by atoms with E-state index in [1.807, 2.05) is 27.7 Å². The molecule has 0 N–H and O–H groups in total. The van der Waals surface area contributed by atoms with Gasteiger partial charge in [0.15, 0.2) is 0 Å². The maximum absolute atomic E-state index is 14.5. The zero-order valence-corrected chi connectivity index (χ0v) is 11.9. The lowest BCUT2D eigenvalue weighted by atomic mass is 9.89. The van der Waals surface area contributed by atoms with Crippen molar-refractivity contribution in [3.8, 4) is 0 Å². The molecule has 0 aromatic heterocycles. The van der Waals surface area contributed by atoms with Crippen molar-refractivity contribution >= 4 is 6.08 Å². The standard InChI is InChI=1S/C16H22F2/c1-6-8-12-11(5)15(17)14(10(3)4)13(9-7-2)16(12)18/h7,9-10H,6,8H2,1-5H3/b9-7+. The summed E-state index contributed by atoms with van der Waals surface area (Å²) < 4.78 is 28.9. The summed E-state index contributed by atoms with van der Waals surface area (Å²) in [5.74, 6) is -0.527. The second kappa shape index (κ2) is 6.12. The Balaban J connectivity index is 3.64. The van der Waals surface area contributed by atoms with Gasteiger partial charge >= 0.3 is 0 Å². The second-order valence-electron chi connectivity index (χ2n) is 4.96. The molecular formula is C16H22F2. The van der Waals surface area contributed by atoms with Crippen LogP contribution in [0, 0.1) is 18.6 Å². The van der Waals surface area contributed by atoms with Gasteiger partial charge in [-0.3, -0.25) is 0 Å². The molecule has 0 radical (unpaired) electrons. The maximum Gasteiger partial charge on any atom is 0.134 e. The van der Waals surface area contributed by atoms with Crippen LogP contribution in [0.1, 0.15) is 62.3 Å². The highest BCUT2D eigenvalue weighted by Gasteiger charge is 2.21. The minimum absolute atomic E-state index is 0.0277. The normalized spacial score (nSPS) is 11.8. The van der Waals surface area contributed by atoms with Crippen molar-refractivity contribution < 1.29 is 8.78 Å². The molecular weight excluding hydrogens is 230 g/mol. The molecule has 1 aromatic rings. The number of hydrogen-bond acceptors (Lipinski definition) is 0. The zero-order chi connectivity index (χ0) is 13.9. The molecule has 2 heteroatoms. The number of benzene rings is 1. The molecule has 0 unspecified atom stereocenters. The minimum Gasteiger partial charge on any atom is -0.206 e. The van der Waals surface area contributed by atoms with Gasteiger partial charge < -0.3 is 0 Å². The van der Waals surface area contributed by atoms with Gasteiger partial charge in [0.2, 0.25) is 0 Å². The third-order valence-corrected chi connectivity index (χ3v) is 3.22. The van der Waals surface area contributed by atoms with Gasteiger partial charge in [-0.1, -0.05) is 39.3 Å². The molecule has 0 nitrogen and oxygen atoms in total. The molecule has 0 spiro atoms. The molecule has 0 saturated heterocycles. The van der Waals surface area contributed by atoms with E-state index in [2.05, 4.69) is 0 Å². The molecule has 0 aliphatic heterocycles. The first kappa shape index (κ1) is 14.9. The molecule has 0 fully saturated rings. The van der Waals surface area contributed by atoms with E-state index < -0.39 is 0 Å². The number of hydrogen-bond donors (Lipinski definition) is 0. The smallest absolute Gasteiger partial charge is 0.134 e. The number of rotatable bonds is 4. The van der Waals surface area contributed by atoms with Crippen LogP contribution in [-0.2, 0) is 6.42 Å². The van der Waals surface area contributed by atoms with Crippen molar-refractivity contribution in [1.82, 2.24) is 0 Å². The highest BCUT2D eigenvalue weighted by atomic mass is 19.1. The highest BCUT2D eigenvalue weighted by molar-refractivity contribution is 5.59. The van der Waals surface area contributed by atoms with Crippen molar-refractivity contribution in [2.45, 2.75) is 53.4 Å². The molecule has 0 amide bonds. The average molecular weight is 252 g/mol. The van der Waals surface area contributed by atoms with Crippen LogP contribution >= 0.6 is 0 Å². The molecule has 0 aliphatic carbocycles. The molecule has 0 bridgehead atoms. The Hall–Kier alpha value is -1.18. The number of allylic oxidation sites excluding steroid dienone is 1. The summed E-state index contributed by atoms with van der Waals surface area (Å²) >= 11 is 0. The molecule has 0 saturated carbocycles. The molecule has 0 atom stereocenters. The van der Waals surface area contributed by atoms with Gasteiger partial charge in [0.25, 0.3) is 0 Å². The predicted octanol–water partition coefficient (Wildman–Crippen LogP) is 5.38. The molecule has 1 aromatic carbocycles. The SMILES string of the molecule is C/C=C/c1c(F)c(CCC)c(C)c(F)c1C(C)C. The van der Waals surface area contributed by atoms with Gasteiger partial charge in [0.05, 0.1) is 0 Å². The summed E-state index contributed by atoms with van der Waals surface area (Å²) in [7, 11) is 0.